The van der Waals surface area contributed by atoms with Crippen LogP contribution in [-0.2, 0) is 7.05 Å². The summed E-state index contributed by atoms with van der Waals surface area (Å²) < 4.78 is 1.46. The zero-order chi connectivity index (χ0) is 14.7. The lowest BCUT2D eigenvalue weighted by Gasteiger charge is -2.04. The first kappa shape index (κ1) is 14.1. The van der Waals surface area contributed by atoms with Crippen molar-refractivity contribution in [2.24, 2.45) is 7.05 Å². The zero-order valence-electron chi connectivity index (χ0n) is 11.0. The van der Waals surface area contributed by atoms with Crippen molar-refractivity contribution in [2.45, 2.75) is 0 Å². The molecule has 104 valence electrons. The van der Waals surface area contributed by atoms with Gasteiger partial charge in [0.2, 0.25) is 0 Å². The number of anilines is 1. The van der Waals surface area contributed by atoms with Crippen molar-refractivity contribution in [3.8, 4) is 0 Å². The first-order valence-corrected chi connectivity index (χ1v) is 6.21. The smallest absolute Gasteiger partial charge is 0.273 e. The van der Waals surface area contributed by atoms with Crippen molar-refractivity contribution >= 4 is 29.1 Å². The quantitative estimate of drug-likeness (QED) is 0.904. The Morgan fingerprint density at radius 2 is 1.85 bits per heavy atom. The molecule has 2 rings (SSSR count). The van der Waals surface area contributed by atoms with Crippen LogP contribution in [0, 0.1) is 0 Å². The molecule has 7 heteroatoms. The van der Waals surface area contributed by atoms with Gasteiger partial charge in [-0.15, -0.1) is 0 Å². The van der Waals surface area contributed by atoms with Crippen LogP contribution >= 0.6 is 11.6 Å². The van der Waals surface area contributed by atoms with E-state index in [1.165, 1.54) is 11.7 Å². The van der Waals surface area contributed by atoms with E-state index < -0.39 is 0 Å². The number of carbonyl (C=O) groups is 2. The van der Waals surface area contributed by atoms with Crippen LogP contribution in [0.2, 0.25) is 5.02 Å². The molecule has 1 heterocycles. The molecule has 0 fully saturated rings. The van der Waals surface area contributed by atoms with E-state index in [9.17, 15) is 9.59 Å². The molecule has 0 bridgehead atoms. The number of benzene rings is 1. The summed E-state index contributed by atoms with van der Waals surface area (Å²) in [6.45, 7) is 0. The van der Waals surface area contributed by atoms with Gasteiger partial charge in [-0.1, -0.05) is 11.6 Å². The Morgan fingerprint density at radius 3 is 2.45 bits per heavy atom. The minimum absolute atomic E-state index is 0.164. The number of halogens is 1. The van der Waals surface area contributed by atoms with Gasteiger partial charge in [0.25, 0.3) is 11.8 Å². The van der Waals surface area contributed by atoms with E-state index in [1.807, 2.05) is 0 Å². The van der Waals surface area contributed by atoms with Gasteiger partial charge in [0.15, 0.2) is 5.69 Å². The number of carbonyl (C=O) groups excluding carboxylic acids is 2. The van der Waals surface area contributed by atoms with Crippen molar-refractivity contribution in [1.82, 2.24) is 15.1 Å². The second-order valence-corrected chi connectivity index (χ2v) is 4.54. The minimum atomic E-state index is -0.364. The number of amides is 2. The fourth-order valence-corrected chi connectivity index (χ4v) is 1.79. The largest absolute Gasteiger partial charge is 0.354 e. The maximum atomic E-state index is 12.1. The van der Waals surface area contributed by atoms with Crippen molar-refractivity contribution in [1.29, 1.82) is 0 Å². The first-order valence-electron chi connectivity index (χ1n) is 5.84. The number of aromatic nitrogens is 2. The van der Waals surface area contributed by atoms with Crippen LogP contribution in [0.1, 0.15) is 20.8 Å². The van der Waals surface area contributed by atoms with Gasteiger partial charge in [-0.2, -0.15) is 5.10 Å². The van der Waals surface area contributed by atoms with Gasteiger partial charge in [0.05, 0.1) is 5.69 Å². The third-order valence-corrected chi connectivity index (χ3v) is 2.88. The molecule has 1 aromatic heterocycles. The van der Waals surface area contributed by atoms with Crippen LogP contribution in [0.3, 0.4) is 0 Å². The van der Waals surface area contributed by atoms with Gasteiger partial charge in [0, 0.05) is 30.9 Å². The van der Waals surface area contributed by atoms with Crippen LogP contribution in [0.4, 0.5) is 5.69 Å². The average Bonchev–Trinajstić information content (AvgIpc) is 2.79. The third kappa shape index (κ3) is 2.97. The van der Waals surface area contributed by atoms with Gasteiger partial charge in [0.1, 0.15) is 0 Å². The highest BCUT2D eigenvalue weighted by Crippen LogP contribution is 2.16. The van der Waals surface area contributed by atoms with E-state index in [1.54, 1.807) is 37.5 Å². The number of nitrogens with zero attached hydrogens (tertiary/aromatic N) is 2. The summed E-state index contributed by atoms with van der Waals surface area (Å²) in [4.78, 5) is 23.7. The predicted octanol–water partition coefficient (Wildman–Crippen LogP) is 1.69. The summed E-state index contributed by atoms with van der Waals surface area (Å²) in [6.07, 6.45) is 1.57. The van der Waals surface area contributed by atoms with Gasteiger partial charge < -0.3 is 10.6 Å². The summed E-state index contributed by atoms with van der Waals surface area (Å²) in [5, 5.41) is 9.69. The predicted molar refractivity (Wildman–Crippen MR) is 76.0 cm³/mol. The maximum absolute atomic E-state index is 12.1. The molecular formula is C13H13ClN4O2. The molecule has 6 nitrogen and oxygen atoms in total. The summed E-state index contributed by atoms with van der Waals surface area (Å²) in [5.74, 6) is -0.697. The fourth-order valence-electron chi connectivity index (χ4n) is 1.66. The number of rotatable bonds is 3. The molecule has 1 aromatic carbocycles. The van der Waals surface area contributed by atoms with Gasteiger partial charge in [-0.05, 0) is 24.3 Å². The van der Waals surface area contributed by atoms with Crippen LogP contribution in [0.25, 0.3) is 0 Å². The topological polar surface area (TPSA) is 76.0 Å². The normalized spacial score (nSPS) is 10.2. The highest BCUT2D eigenvalue weighted by Gasteiger charge is 2.17. The highest BCUT2D eigenvalue weighted by molar-refractivity contribution is 6.30. The van der Waals surface area contributed by atoms with E-state index in [-0.39, 0.29) is 17.5 Å². The Labute approximate surface area is 120 Å². The molecule has 0 saturated heterocycles. The van der Waals surface area contributed by atoms with Gasteiger partial charge in [-0.3, -0.25) is 14.3 Å². The Hall–Kier alpha value is -2.34. The van der Waals surface area contributed by atoms with Crippen LogP contribution in [0.5, 0.6) is 0 Å². The maximum Gasteiger partial charge on any atom is 0.273 e. The summed E-state index contributed by atoms with van der Waals surface area (Å²) >= 11 is 5.77. The van der Waals surface area contributed by atoms with E-state index in [2.05, 4.69) is 15.7 Å². The molecule has 0 spiro atoms. The lowest BCUT2D eigenvalue weighted by molar-refractivity contribution is 0.0958. The van der Waals surface area contributed by atoms with Gasteiger partial charge in [-0.25, -0.2) is 0 Å². The Bertz CT molecular complexity index is 649. The van der Waals surface area contributed by atoms with Crippen LogP contribution in [0.15, 0.2) is 30.5 Å². The monoisotopic (exact) mass is 292 g/mol. The molecule has 20 heavy (non-hydrogen) atoms. The molecule has 2 aromatic rings. The Kier molecular flexibility index (Phi) is 4.05. The van der Waals surface area contributed by atoms with Crippen molar-refractivity contribution < 1.29 is 9.59 Å². The molecule has 0 unspecified atom stereocenters. The summed E-state index contributed by atoms with van der Waals surface area (Å²) in [6, 6.07) is 6.46. The van der Waals surface area contributed by atoms with Crippen LogP contribution in [-0.4, -0.2) is 28.6 Å². The zero-order valence-corrected chi connectivity index (χ0v) is 11.7. The number of hydrogen-bond acceptors (Lipinski definition) is 3. The van der Waals surface area contributed by atoms with Crippen LogP contribution < -0.4 is 10.6 Å². The summed E-state index contributed by atoms with van der Waals surface area (Å²) in [5.41, 5.74) is 0.963. The number of nitrogens with one attached hydrogen (secondary N) is 2. The highest BCUT2D eigenvalue weighted by atomic mass is 35.5. The summed E-state index contributed by atoms with van der Waals surface area (Å²) in [7, 11) is 3.17. The molecular weight excluding hydrogens is 280 g/mol. The SMILES string of the molecule is CNC(=O)c1nn(C)cc1NC(=O)c1ccc(Cl)cc1. The lowest BCUT2D eigenvalue weighted by atomic mass is 10.2. The molecule has 0 aliphatic rings. The van der Waals surface area contributed by atoms with Crippen molar-refractivity contribution in [3.63, 3.8) is 0 Å². The first-order chi connectivity index (χ1) is 9.51. The van der Waals surface area contributed by atoms with E-state index in [0.717, 1.165) is 0 Å². The molecule has 0 aliphatic carbocycles. The van der Waals surface area contributed by atoms with Crippen molar-refractivity contribution in [3.05, 3.63) is 46.7 Å². The molecule has 0 saturated carbocycles. The minimum Gasteiger partial charge on any atom is -0.354 e. The van der Waals surface area contributed by atoms with E-state index >= 15 is 0 Å². The van der Waals surface area contributed by atoms with Crippen molar-refractivity contribution in [2.75, 3.05) is 12.4 Å². The van der Waals surface area contributed by atoms with Gasteiger partial charge >= 0.3 is 0 Å². The Morgan fingerprint density at radius 1 is 1.20 bits per heavy atom. The molecule has 2 N–H and O–H groups in total. The number of hydrogen-bond donors (Lipinski definition) is 2. The van der Waals surface area contributed by atoms with E-state index in [0.29, 0.717) is 16.3 Å². The average molecular weight is 293 g/mol. The fraction of sp³-hybridized carbons (Fsp3) is 0.154. The second kappa shape index (κ2) is 5.75. The van der Waals surface area contributed by atoms with E-state index in [4.69, 9.17) is 11.6 Å². The second-order valence-electron chi connectivity index (χ2n) is 4.11. The molecule has 0 aliphatic heterocycles. The Balaban J connectivity index is 2.23. The standard InChI is InChI=1S/C13H13ClN4O2/c1-15-13(20)11-10(7-18(2)17-11)16-12(19)8-3-5-9(14)6-4-8/h3-7H,1-2H3,(H,15,20)(H,16,19). The third-order valence-electron chi connectivity index (χ3n) is 2.63. The molecule has 2 amide bonds. The lowest BCUT2D eigenvalue weighted by Crippen LogP contribution is -2.21. The number of aryl methyl sites for hydroxylation is 1. The molecule has 0 atom stereocenters. The molecule has 0 radical (unpaired) electrons.